The molecule has 1 saturated heterocycles. The van der Waals surface area contributed by atoms with E-state index in [2.05, 4.69) is 23.2 Å². The van der Waals surface area contributed by atoms with Crippen molar-refractivity contribution in [3.63, 3.8) is 0 Å². The molecule has 0 spiro atoms. The first-order valence-electron chi connectivity index (χ1n) is 11.9. The molecule has 2 aromatic heterocycles. The van der Waals surface area contributed by atoms with E-state index in [4.69, 9.17) is 19.4 Å². The number of nitrogens with one attached hydrogen (secondary N) is 1. The van der Waals surface area contributed by atoms with E-state index in [0.717, 1.165) is 54.5 Å². The molecule has 1 unspecified atom stereocenters. The minimum Gasteiger partial charge on any atom is -0.479 e. The second kappa shape index (κ2) is 8.82. The largest absolute Gasteiger partial charge is 0.479 e. The number of carbonyl (C=O) groups is 1. The number of ether oxygens (including phenoxy) is 2. The summed E-state index contributed by atoms with van der Waals surface area (Å²) >= 11 is 0. The lowest BCUT2D eigenvalue weighted by molar-refractivity contribution is -0.117. The normalized spacial score (nSPS) is 24.9. The van der Waals surface area contributed by atoms with Gasteiger partial charge in [-0.2, -0.15) is 4.98 Å². The quantitative estimate of drug-likeness (QED) is 0.744. The maximum absolute atomic E-state index is 13.0. The number of hydrogen-bond acceptors (Lipinski definition) is 7. The summed E-state index contributed by atoms with van der Waals surface area (Å²) in [5.41, 5.74) is 2.79. The fourth-order valence-corrected chi connectivity index (χ4v) is 5.40. The molecule has 3 aliphatic rings. The molecule has 0 radical (unpaired) electrons. The van der Waals surface area contributed by atoms with Gasteiger partial charge < -0.3 is 24.6 Å². The fraction of sp³-hybridized carbons (Fsp3) is 0.560. The fourth-order valence-electron chi connectivity index (χ4n) is 5.40. The van der Waals surface area contributed by atoms with Gasteiger partial charge in [0.2, 0.25) is 11.8 Å². The van der Waals surface area contributed by atoms with Crippen LogP contribution in [0.25, 0.3) is 0 Å². The summed E-state index contributed by atoms with van der Waals surface area (Å²) in [4.78, 5) is 26.7. The number of carbonyl (C=O) groups excluding carboxylic acids is 1. The molecule has 1 amide bonds. The topological polar surface area (TPSA) is 79.8 Å². The van der Waals surface area contributed by atoms with Crippen LogP contribution in [0.4, 0.5) is 17.3 Å². The first-order valence-corrected chi connectivity index (χ1v) is 11.9. The molecule has 1 aliphatic carbocycles. The van der Waals surface area contributed by atoms with Crippen LogP contribution in [-0.2, 0) is 9.53 Å². The minimum absolute atomic E-state index is 0.0211. The van der Waals surface area contributed by atoms with Crippen LogP contribution in [0.5, 0.6) is 5.88 Å². The second-order valence-corrected chi connectivity index (χ2v) is 9.39. The Kier molecular flexibility index (Phi) is 5.86. The van der Waals surface area contributed by atoms with Crippen LogP contribution >= 0.6 is 0 Å². The van der Waals surface area contributed by atoms with E-state index >= 15 is 0 Å². The van der Waals surface area contributed by atoms with Crippen LogP contribution in [0.2, 0.25) is 0 Å². The molecule has 2 aromatic rings. The highest BCUT2D eigenvalue weighted by Crippen LogP contribution is 2.52. The lowest BCUT2D eigenvalue weighted by Gasteiger charge is -2.46. The van der Waals surface area contributed by atoms with E-state index in [0.29, 0.717) is 25.0 Å². The third-order valence-electron chi connectivity index (χ3n) is 7.08. The highest BCUT2D eigenvalue weighted by molar-refractivity contribution is 5.96. The van der Waals surface area contributed by atoms with Crippen LogP contribution < -0.4 is 19.9 Å². The Balaban J connectivity index is 1.65. The number of fused-ring (bicyclic) bond motifs is 1. The minimum atomic E-state index is -0.0211. The summed E-state index contributed by atoms with van der Waals surface area (Å²) in [7, 11) is 1.64. The standard InChI is InChI=1S/C25H33N5O3/c1-15-6-5-7-20(26-15)27-22-16(2)23(18-8-9-18)30(17(3)31)24-19(22)14-21(28-25(24)32-4)29-10-12-33-13-11-29/h5-7,14,16,18,22-23H,8-13H2,1-4H3,(H,26,27)/t16-,22?,23-/m1/s1. The molecule has 0 bridgehead atoms. The summed E-state index contributed by atoms with van der Waals surface area (Å²) in [6.45, 7) is 8.81. The average molecular weight is 452 g/mol. The van der Waals surface area contributed by atoms with Crippen LogP contribution in [0.15, 0.2) is 24.3 Å². The van der Waals surface area contributed by atoms with Gasteiger partial charge in [0, 0.05) is 43.2 Å². The van der Waals surface area contributed by atoms with Crippen molar-refractivity contribution in [2.24, 2.45) is 11.8 Å². The SMILES string of the molecule is COc1nc(N2CCOCC2)cc2c1N(C(C)=O)[C@@H](C1CC1)[C@H](C)C2Nc1cccc(C)n1. The summed E-state index contributed by atoms with van der Waals surface area (Å²) in [6.07, 6.45) is 2.29. The zero-order valence-electron chi connectivity index (χ0n) is 19.9. The number of methoxy groups -OCH3 is 1. The lowest BCUT2D eigenvalue weighted by Crippen LogP contribution is -2.51. The number of morpholine rings is 1. The number of amides is 1. The molecule has 2 aliphatic heterocycles. The molecule has 5 rings (SSSR count). The first-order chi connectivity index (χ1) is 16.0. The smallest absolute Gasteiger partial charge is 0.240 e. The lowest BCUT2D eigenvalue weighted by atomic mass is 9.80. The molecule has 8 heteroatoms. The Hall–Kier alpha value is -2.87. The Morgan fingerprint density at radius 2 is 1.97 bits per heavy atom. The Bertz CT molecular complexity index is 1030. The zero-order valence-corrected chi connectivity index (χ0v) is 19.9. The second-order valence-electron chi connectivity index (χ2n) is 9.39. The molecule has 4 heterocycles. The number of rotatable bonds is 5. The van der Waals surface area contributed by atoms with Crippen LogP contribution in [0.1, 0.15) is 44.0 Å². The van der Waals surface area contributed by atoms with Crippen LogP contribution in [-0.4, -0.2) is 55.3 Å². The van der Waals surface area contributed by atoms with Gasteiger partial charge in [-0.1, -0.05) is 13.0 Å². The van der Waals surface area contributed by atoms with Crippen LogP contribution in [0.3, 0.4) is 0 Å². The third kappa shape index (κ3) is 4.12. The van der Waals surface area contributed by atoms with E-state index in [-0.39, 0.29) is 23.9 Å². The molecule has 33 heavy (non-hydrogen) atoms. The van der Waals surface area contributed by atoms with E-state index in [1.165, 1.54) is 0 Å². The average Bonchev–Trinajstić information content (AvgIpc) is 3.65. The van der Waals surface area contributed by atoms with E-state index < -0.39 is 0 Å². The molecule has 1 saturated carbocycles. The Morgan fingerprint density at radius 3 is 2.61 bits per heavy atom. The summed E-state index contributed by atoms with van der Waals surface area (Å²) < 4.78 is 11.4. The van der Waals surface area contributed by atoms with Crippen LogP contribution in [0, 0.1) is 18.8 Å². The van der Waals surface area contributed by atoms with Crippen molar-refractivity contribution < 1.29 is 14.3 Å². The zero-order chi connectivity index (χ0) is 23.1. The van der Waals surface area contributed by atoms with Crippen molar-refractivity contribution in [2.45, 2.75) is 45.7 Å². The van der Waals surface area contributed by atoms with Gasteiger partial charge in [-0.05, 0) is 43.9 Å². The number of aromatic nitrogens is 2. The molecule has 0 aromatic carbocycles. The van der Waals surface area contributed by atoms with Crippen molar-refractivity contribution in [2.75, 3.05) is 48.5 Å². The predicted octanol–water partition coefficient (Wildman–Crippen LogP) is 3.56. The third-order valence-corrected chi connectivity index (χ3v) is 7.08. The number of anilines is 3. The van der Waals surface area contributed by atoms with Gasteiger partial charge in [0.15, 0.2) is 0 Å². The number of hydrogen-bond donors (Lipinski definition) is 1. The van der Waals surface area contributed by atoms with E-state index in [9.17, 15) is 4.79 Å². The number of aryl methyl sites for hydroxylation is 1. The molecular weight excluding hydrogens is 418 g/mol. The van der Waals surface area contributed by atoms with E-state index in [1.54, 1.807) is 14.0 Å². The van der Waals surface area contributed by atoms with Gasteiger partial charge in [0.1, 0.15) is 17.3 Å². The van der Waals surface area contributed by atoms with Gasteiger partial charge in [-0.15, -0.1) is 0 Å². The maximum atomic E-state index is 13.0. The molecule has 3 atom stereocenters. The van der Waals surface area contributed by atoms with Crippen molar-refractivity contribution >= 4 is 23.2 Å². The first kappa shape index (κ1) is 21.9. The number of pyridine rings is 2. The molecular formula is C25H33N5O3. The van der Waals surface area contributed by atoms with Crippen molar-refractivity contribution in [1.29, 1.82) is 0 Å². The Labute approximate surface area is 195 Å². The van der Waals surface area contributed by atoms with Crippen molar-refractivity contribution in [3.8, 4) is 5.88 Å². The highest BCUT2D eigenvalue weighted by Gasteiger charge is 2.49. The summed E-state index contributed by atoms with van der Waals surface area (Å²) in [5, 5.41) is 3.71. The van der Waals surface area contributed by atoms with Crippen molar-refractivity contribution in [1.82, 2.24) is 9.97 Å². The molecule has 1 N–H and O–H groups in total. The van der Waals surface area contributed by atoms with Gasteiger partial charge in [0.05, 0.1) is 26.4 Å². The molecule has 2 fully saturated rings. The van der Waals surface area contributed by atoms with E-state index in [1.807, 2.05) is 30.0 Å². The maximum Gasteiger partial charge on any atom is 0.240 e. The predicted molar refractivity (Wildman–Crippen MR) is 128 cm³/mol. The summed E-state index contributed by atoms with van der Waals surface area (Å²) in [6, 6.07) is 8.23. The monoisotopic (exact) mass is 451 g/mol. The van der Waals surface area contributed by atoms with Gasteiger partial charge in [0.25, 0.3) is 0 Å². The molecule has 176 valence electrons. The van der Waals surface area contributed by atoms with Gasteiger partial charge >= 0.3 is 0 Å². The Morgan fingerprint density at radius 1 is 1.21 bits per heavy atom. The van der Waals surface area contributed by atoms with Gasteiger partial charge in [-0.25, -0.2) is 4.98 Å². The number of nitrogens with zero attached hydrogens (tertiary/aromatic N) is 4. The van der Waals surface area contributed by atoms with Gasteiger partial charge in [-0.3, -0.25) is 4.79 Å². The summed E-state index contributed by atoms with van der Waals surface area (Å²) in [5.74, 6) is 2.93. The van der Waals surface area contributed by atoms with Crippen molar-refractivity contribution in [3.05, 3.63) is 35.5 Å². The highest BCUT2D eigenvalue weighted by atomic mass is 16.5. The molecule has 8 nitrogen and oxygen atoms in total.